The van der Waals surface area contributed by atoms with Crippen molar-refractivity contribution in [2.45, 2.75) is 26.4 Å². The molecule has 0 amide bonds. The van der Waals surface area contributed by atoms with Gasteiger partial charge in [0.15, 0.2) is 5.60 Å². The number of ether oxygens (including phenoxy) is 1. The highest BCUT2D eigenvalue weighted by atomic mass is 35.5. The Morgan fingerprint density at radius 1 is 1.24 bits per heavy atom. The molecule has 2 aromatic rings. The van der Waals surface area contributed by atoms with Crippen LogP contribution in [0.2, 0.25) is 5.02 Å². The SMILES string of the molecule is Cc1ccsc1C1=C(c2cccc(Cl)c2)C(=O)C(C)(C)O1. The lowest BCUT2D eigenvalue weighted by atomic mass is 9.93. The van der Waals surface area contributed by atoms with E-state index in [1.54, 1.807) is 31.3 Å². The van der Waals surface area contributed by atoms with Crippen molar-refractivity contribution in [3.05, 3.63) is 56.7 Å². The summed E-state index contributed by atoms with van der Waals surface area (Å²) in [6.45, 7) is 5.62. The number of aryl methyl sites for hydroxylation is 1. The van der Waals surface area contributed by atoms with Gasteiger partial charge in [-0.2, -0.15) is 0 Å². The van der Waals surface area contributed by atoms with Gasteiger partial charge in [0.25, 0.3) is 0 Å². The lowest BCUT2D eigenvalue weighted by Gasteiger charge is -2.17. The fourth-order valence-corrected chi connectivity index (χ4v) is 3.53. The molecule has 0 fully saturated rings. The van der Waals surface area contributed by atoms with Crippen LogP contribution in [0, 0.1) is 6.92 Å². The Bertz CT molecular complexity index is 756. The van der Waals surface area contributed by atoms with Crippen LogP contribution < -0.4 is 0 Å². The molecule has 3 rings (SSSR count). The summed E-state index contributed by atoms with van der Waals surface area (Å²) in [6, 6.07) is 9.38. The van der Waals surface area contributed by atoms with Crippen LogP contribution >= 0.6 is 22.9 Å². The monoisotopic (exact) mass is 318 g/mol. The van der Waals surface area contributed by atoms with Gasteiger partial charge in [-0.25, -0.2) is 0 Å². The van der Waals surface area contributed by atoms with Crippen LogP contribution in [0.1, 0.15) is 29.9 Å². The molecule has 2 nitrogen and oxygen atoms in total. The molecule has 1 aromatic heterocycles. The molecule has 1 aromatic carbocycles. The number of ketones is 1. The first-order valence-electron chi connectivity index (χ1n) is 6.68. The topological polar surface area (TPSA) is 26.3 Å². The van der Waals surface area contributed by atoms with Crippen molar-refractivity contribution in [3.63, 3.8) is 0 Å². The molecule has 0 atom stereocenters. The van der Waals surface area contributed by atoms with Gasteiger partial charge in [-0.1, -0.05) is 23.7 Å². The molecule has 108 valence electrons. The second kappa shape index (κ2) is 5.00. The average molecular weight is 319 g/mol. The smallest absolute Gasteiger partial charge is 0.210 e. The zero-order chi connectivity index (χ0) is 15.2. The molecular weight excluding hydrogens is 304 g/mol. The predicted octanol–water partition coefficient (Wildman–Crippen LogP) is 4.96. The van der Waals surface area contributed by atoms with Crippen molar-refractivity contribution >= 4 is 40.1 Å². The summed E-state index contributed by atoms with van der Waals surface area (Å²) in [7, 11) is 0. The third-order valence-electron chi connectivity index (χ3n) is 3.54. The summed E-state index contributed by atoms with van der Waals surface area (Å²) in [5, 5.41) is 2.62. The number of hydrogen-bond acceptors (Lipinski definition) is 3. The lowest BCUT2D eigenvalue weighted by molar-refractivity contribution is -0.125. The van der Waals surface area contributed by atoms with Crippen LogP contribution in [0.3, 0.4) is 0 Å². The average Bonchev–Trinajstić information content (AvgIpc) is 2.92. The number of carbonyl (C=O) groups excluding carboxylic acids is 1. The third-order valence-corrected chi connectivity index (χ3v) is 4.79. The molecule has 0 saturated carbocycles. The quantitative estimate of drug-likeness (QED) is 0.782. The maximum Gasteiger partial charge on any atom is 0.210 e. The van der Waals surface area contributed by atoms with E-state index in [1.165, 1.54) is 0 Å². The molecule has 0 spiro atoms. The normalized spacial score (nSPS) is 17.2. The van der Waals surface area contributed by atoms with E-state index in [2.05, 4.69) is 0 Å². The van der Waals surface area contributed by atoms with Crippen molar-refractivity contribution in [2.75, 3.05) is 0 Å². The third kappa shape index (κ3) is 2.41. The zero-order valence-electron chi connectivity index (χ0n) is 12.1. The van der Waals surface area contributed by atoms with Crippen LogP contribution in [0.15, 0.2) is 35.7 Å². The number of rotatable bonds is 2. The van der Waals surface area contributed by atoms with Crippen LogP contribution in [0.4, 0.5) is 0 Å². The highest BCUT2D eigenvalue weighted by Gasteiger charge is 2.43. The first kappa shape index (κ1) is 14.4. The summed E-state index contributed by atoms with van der Waals surface area (Å²) in [5.74, 6) is 0.660. The second-order valence-electron chi connectivity index (χ2n) is 5.59. The van der Waals surface area contributed by atoms with E-state index in [1.807, 2.05) is 36.6 Å². The molecule has 0 radical (unpaired) electrons. The molecular formula is C17H15ClO2S. The summed E-state index contributed by atoms with van der Waals surface area (Å²) >= 11 is 7.66. The van der Waals surface area contributed by atoms with Gasteiger partial charge in [-0.3, -0.25) is 4.79 Å². The van der Waals surface area contributed by atoms with E-state index in [4.69, 9.17) is 16.3 Å². The molecule has 0 bridgehead atoms. The lowest BCUT2D eigenvalue weighted by Crippen LogP contribution is -2.29. The Hall–Kier alpha value is -1.58. The molecule has 0 aliphatic carbocycles. The molecule has 1 aliphatic heterocycles. The first-order chi connectivity index (χ1) is 9.90. The number of thiophene rings is 1. The minimum absolute atomic E-state index is 0.00688. The Labute approximate surface area is 133 Å². The molecule has 0 saturated heterocycles. The molecule has 0 N–H and O–H groups in total. The van der Waals surface area contributed by atoms with Gasteiger partial charge in [0, 0.05) is 5.02 Å². The van der Waals surface area contributed by atoms with Gasteiger partial charge in [0.2, 0.25) is 5.78 Å². The van der Waals surface area contributed by atoms with Crippen molar-refractivity contribution in [1.29, 1.82) is 0 Å². The molecule has 4 heteroatoms. The van der Waals surface area contributed by atoms with Gasteiger partial charge in [0.05, 0.1) is 10.5 Å². The number of carbonyl (C=O) groups is 1. The summed E-state index contributed by atoms with van der Waals surface area (Å²) in [6.07, 6.45) is 0. The second-order valence-corrected chi connectivity index (χ2v) is 6.94. The molecule has 2 heterocycles. The summed E-state index contributed by atoms with van der Waals surface area (Å²) in [5.41, 5.74) is 1.69. The van der Waals surface area contributed by atoms with E-state index >= 15 is 0 Å². The number of hydrogen-bond donors (Lipinski definition) is 0. The Morgan fingerprint density at radius 2 is 2.00 bits per heavy atom. The maximum atomic E-state index is 12.7. The van der Waals surface area contributed by atoms with E-state index in [-0.39, 0.29) is 5.78 Å². The van der Waals surface area contributed by atoms with Crippen LogP contribution in [-0.4, -0.2) is 11.4 Å². The Balaban J connectivity index is 2.24. The summed E-state index contributed by atoms with van der Waals surface area (Å²) in [4.78, 5) is 13.7. The Kier molecular flexibility index (Phi) is 3.42. The van der Waals surface area contributed by atoms with Crippen molar-refractivity contribution in [1.82, 2.24) is 0 Å². The van der Waals surface area contributed by atoms with E-state index in [0.717, 1.165) is 16.0 Å². The van der Waals surface area contributed by atoms with E-state index < -0.39 is 5.60 Å². The van der Waals surface area contributed by atoms with Crippen LogP contribution in [0.5, 0.6) is 0 Å². The Morgan fingerprint density at radius 3 is 2.62 bits per heavy atom. The van der Waals surface area contributed by atoms with E-state index in [9.17, 15) is 4.79 Å². The molecule has 1 aliphatic rings. The van der Waals surface area contributed by atoms with Crippen molar-refractivity contribution < 1.29 is 9.53 Å². The van der Waals surface area contributed by atoms with Crippen molar-refractivity contribution in [2.24, 2.45) is 0 Å². The van der Waals surface area contributed by atoms with Crippen LogP contribution in [-0.2, 0) is 9.53 Å². The molecule has 0 unspecified atom stereocenters. The maximum absolute atomic E-state index is 12.7. The van der Waals surface area contributed by atoms with Gasteiger partial charge >= 0.3 is 0 Å². The fraction of sp³-hybridized carbons (Fsp3) is 0.235. The van der Waals surface area contributed by atoms with Gasteiger partial charge in [-0.05, 0) is 55.5 Å². The number of halogens is 1. The summed E-state index contributed by atoms with van der Waals surface area (Å²) < 4.78 is 5.99. The largest absolute Gasteiger partial charge is 0.477 e. The fourth-order valence-electron chi connectivity index (χ4n) is 2.43. The zero-order valence-corrected chi connectivity index (χ0v) is 13.6. The number of benzene rings is 1. The molecule has 21 heavy (non-hydrogen) atoms. The van der Waals surface area contributed by atoms with Gasteiger partial charge in [0.1, 0.15) is 5.76 Å². The van der Waals surface area contributed by atoms with E-state index in [0.29, 0.717) is 16.4 Å². The standard InChI is InChI=1S/C17H15ClO2S/c1-10-7-8-21-15(10)14-13(16(19)17(2,3)20-14)11-5-4-6-12(18)9-11/h4-9H,1-3H3. The van der Waals surface area contributed by atoms with Crippen molar-refractivity contribution in [3.8, 4) is 0 Å². The van der Waals surface area contributed by atoms with Gasteiger partial charge < -0.3 is 4.74 Å². The minimum Gasteiger partial charge on any atom is -0.477 e. The highest BCUT2D eigenvalue weighted by molar-refractivity contribution is 7.11. The van der Waals surface area contributed by atoms with Crippen LogP contribution in [0.25, 0.3) is 11.3 Å². The predicted molar refractivity (Wildman–Crippen MR) is 87.5 cm³/mol. The first-order valence-corrected chi connectivity index (χ1v) is 7.94. The van der Waals surface area contributed by atoms with Gasteiger partial charge in [-0.15, -0.1) is 11.3 Å². The minimum atomic E-state index is -0.844. The highest BCUT2D eigenvalue weighted by Crippen LogP contribution is 2.43. The number of Topliss-reactive ketones (excluding diaryl/α,β-unsaturated/α-hetero) is 1.